The molecule has 1 amide bonds. The van der Waals surface area contributed by atoms with Crippen molar-refractivity contribution in [3.8, 4) is 5.75 Å². The maximum Gasteiger partial charge on any atom is 0.255 e. The quantitative estimate of drug-likeness (QED) is 0.419. The molecule has 1 unspecified atom stereocenters. The normalized spacial score (nSPS) is 11.7. The highest BCUT2D eigenvalue weighted by molar-refractivity contribution is 7.10. The fourth-order valence-corrected chi connectivity index (χ4v) is 3.80. The lowest BCUT2D eigenvalue weighted by molar-refractivity contribution is 0.0944. The van der Waals surface area contributed by atoms with E-state index in [0.29, 0.717) is 17.9 Å². The Morgan fingerprint density at radius 2 is 2.07 bits per heavy atom. The lowest BCUT2D eigenvalue weighted by atomic mass is 10.0. The van der Waals surface area contributed by atoms with Crippen molar-refractivity contribution in [3.63, 3.8) is 0 Å². The van der Waals surface area contributed by atoms with Crippen LogP contribution in [0.3, 0.4) is 0 Å². The number of rotatable bonds is 7. The number of nitrogens with one attached hydrogen (secondary N) is 2. The summed E-state index contributed by atoms with van der Waals surface area (Å²) in [6, 6.07) is 17.5. The standard InChI is InChI=1S/C22H19N3O3S/c26-16-6-1-5-15(13-16)20(19-9-4-12-29-19)25-22(27)18-8-2-10-23-21(18)24-14-17-7-3-11-28-17/h1-13,20,26H,14H2,(H,23,24)(H,25,27). The number of aromatic hydroxyl groups is 1. The van der Waals surface area contributed by atoms with Gasteiger partial charge in [-0.15, -0.1) is 11.3 Å². The van der Waals surface area contributed by atoms with Gasteiger partial charge in [-0.1, -0.05) is 18.2 Å². The molecule has 1 atom stereocenters. The number of carbonyl (C=O) groups excluding carboxylic acids is 1. The number of phenolic OH excluding ortho intramolecular Hbond substituents is 1. The van der Waals surface area contributed by atoms with Crippen molar-refractivity contribution in [3.05, 3.63) is 100 Å². The van der Waals surface area contributed by atoms with Crippen molar-refractivity contribution in [2.24, 2.45) is 0 Å². The Kier molecular flexibility index (Phi) is 5.58. The van der Waals surface area contributed by atoms with Crippen molar-refractivity contribution in [1.82, 2.24) is 10.3 Å². The van der Waals surface area contributed by atoms with Crippen LogP contribution in [-0.2, 0) is 6.54 Å². The van der Waals surface area contributed by atoms with Gasteiger partial charge in [-0.25, -0.2) is 4.98 Å². The van der Waals surface area contributed by atoms with Gasteiger partial charge in [0.05, 0.1) is 24.4 Å². The van der Waals surface area contributed by atoms with E-state index in [2.05, 4.69) is 15.6 Å². The van der Waals surface area contributed by atoms with Crippen LogP contribution in [0.2, 0.25) is 0 Å². The van der Waals surface area contributed by atoms with Crippen LogP contribution >= 0.6 is 11.3 Å². The van der Waals surface area contributed by atoms with E-state index in [1.807, 2.05) is 35.7 Å². The first-order chi connectivity index (χ1) is 14.2. The number of thiophene rings is 1. The zero-order valence-electron chi connectivity index (χ0n) is 15.4. The summed E-state index contributed by atoms with van der Waals surface area (Å²) in [5.74, 6) is 1.11. The third-order valence-electron chi connectivity index (χ3n) is 4.37. The number of aromatic nitrogens is 1. The van der Waals surface area contributed by atoms with Gasteiger partial charge in [0, 0.05) is 11.1 Å². The zero-order valence-corrected chi connectivity index (χ0v) is 16.2. The lowest BCUT2D eigenvalue weighted by Gasteiger charge is -2.19. The van der Waals surface area contributed by atoms with Crippen LogP contribution in [-0.4, -0.2) is 16.0 Å². The summed E-state index contributed by atoms with van der Waals surface area (Å²) >= 11 is 1.54. The van der Waals surface area contributed by atoms with Crippen LogP contribution in [0, 0.1) is 0 Å². The summed E-state index contributed by atoms with van der Waals surface area (Å²) in [6.45, 7) is 0.422. The number of hydrogen-bond acceptors (Lipinski definition) is 6. The van der Waals surface area contributed by atoms with E-state index in [1.54, 1.807) is 54.1 Å². The van der Waals surface area contributed by atoms with E-state index in [9.17, 15) is 9.90 Å². The molecule has 7 heteroatoms. The highest BCUT2D eigenvalue weighted by atomic mass is 32.1. The molecular weight excluding hydrogens is 386 g/mol. The number of amides is 1. The average molecular weight is 405 g/mol. The molecule has 0 aliphatic carbocycles. The molecule has 1 aromatic carbocycles. The molecule has 3 N–H and O–H groups in total. The summed E-state index contributed by atoms with van der Waals surface area (Å²) in [6.07, 6.45) is 3.23. The van der Waals surface area contributed by atoms with Crippen LogP contribution in [0.25, 0.3) is 0 Å². The molecule has 29 heavy (non-hydrogen) atoms. The number of benzene rings is 1. The van der Waals surface area contributed by atoms with Gasteiger partial charge in [0.2, 0.25) is 0 Å². The van der Waals surface area contributed by atoms with Gasteiger partial charge in [-0.05, 0) is 53.4 Å². The first kappa shape index (κ1) is 18.8. The molecule has 0 bridgehead atoms. The third kappa shape index (κ3) is 4.47. The molecule has 0 saturated carbocycles. The molecule has 3 heterocycles. The summed E-state index contributed by atoms with van der Waals surface area (Å²) in [4.78, 5) is 18.4. The van der Waals surface area contributed by atoms with E-state index in [1.165, 1.54) is 0 Å². The van der Waals surface area contributed by atoms with Crippen molar-refractivity contribution < 1.29 is 14.3 Å². The highest BCUT2D eigenvalue weighted by Crippen LogP contribution is 2.29. The minimum absolute atomic E-state index is 0.153. The number of nitrogens with zero attached hydrogens (tertiary/aromatic N) is 1. The van der Waals surface area contributed by atoms with Gasteiger partial charge < -0.3 is 20.2 Å². The van der Waals surface area contributed by atoms with Gasteiger partial charge >= 0.3 is 0 Å². The fraction of sp³-hybridized carbons (Fsp3) is 0.0909. The predicted octanol–water partition coefficient (Wildman–Crippen LogP) is 4.57. The van der Waals surface area contributed by atoms with Gasteiger partial charge in [0.25, 0.3) is 5.91 Å². The smallest absolute Gasteiger partial charge is 0.255 e. The van der Waals surface area contributed by atoms with E-state index >= 15 is 0 Å². The highest BCUT2D eigenvalue weighted by Gasteiger charge is 2.21. The predicted molar refractivity (Wildman–Crippen MR) is 112 cm³/mol. The fourth-order valence-electron chi connectivity index (χ4n) is 3.00. The second kappa shape index (κ2) is 8.62. The van der Waals surface area contributed by atoms with Gasteiger partial charge in [0.15, 0.2) is 0 Å². The van der Waals surface area contributed by atoms with Crippen molar-refractivity contribution >= 4 is 23.1 Å². The Balaban J connectivity index is 1.58. The van der Waals surface area contributed by atoms with Gasteiger partial charge in [-0.2, -0.15) is 0 Å². The molecule has 0 aliphatic rings. The van der Waals surface area contributed by atoms with Crippen molar-refractivity contribution in [2.75, 3.05) is 5.32 Å². The summed E-state index contributed by atoms with van der Waals surface area (Å²) < 4.78 is 5.32. The first-order valence-corrected chi connectivity index (χ1v) is 9.93. The second-order valence-electron chi connectivity index (χ2n) is 6.35. The molecule has 4 aromatic rings. The van der Waals surface area contributed by atoms with Crippen LogP contribution in [0.5, 0.6) is 5.75 Å². The molecule has 4 rings (SSSR count). The molecule has 0 saturated heterocycles. The lowest BCUT2D eigenvalue weighted by Crippen LogP contribution is -2.29. The monoisotopic (exact) mass is 405 g/mol. The van der Waals surface area contributed by atoms with Crippen LogP contribution < -0.4 is 10.6 Å². The number of carbonyl (C=O) groups is 1. The van der Waals surface area contributed by atoms with E-state index in [-0.39, 0.29) is 17.7 Å². The topological polar surface area (TPSA) is 87.4 Å². The first-order valence-electron chi connectivity index (χ1n) is 9.05. The van der Waals surface area contributed by atoms with E-state index < -0.39 is 0 Å². The number of anilines is 1. The zero-order chi connectivity index (χ0) is 20.1. The Labute approximate surface area is 171 Å². The minimum Gasteiger partial charge on any atom is -0.508 e. The molecular formula is C22H19N3O3S. The van der Waals surface area contributed by atoms with Crippen LogP contribution in [0.4, 0.5) is 5.82 Å². The number of hydrogen-bond donors (Lipinski definition) is 3. The maximum absolute atomic E-state index is 13.1. The van der Waals surface area contributed by atoms with Gasteiger partial charge in [-0.3, -0.25) is 4.79 Å². The van der Waals surface area contributed by atoms with Crippen molar-refractivity contribution in [1.29, 1.82) is 0 Å². The Bertz CT molecular complexity index is 1080. The van der Waals surface area contributed by atoms with Crippen LogP contribution in [0.15, 0.2) is 82.9 Å². The Morgan fingerprint density at radius 3 is 2.83 bits per heavy atom. The van der Waals surface area contributed by atoms with E-state index in [0.717, 1.165) is 16.2 Å². The summed E-state index contributed by atoms with van der Waals surface area (Å²) in [5, 5.41) is 18.1. The second-order valence-corrected chi connectivity index (χ2v) is 7.33. The molecule has 0 radical (unpaired) electrons. The number of pyridine rings is 1. The molecule has 146 valence electrons. The SMILES string of the molecule is O=C(NC(c1cccc(O)c1)c1cccs1)c1cccnc1NCc1ccco1. The summed E-state index contributed by atoms with van der Waals surface area (Å²) in [5.41, 5.74) is 1.23. The molecule has 0 spiro atoms. The largest absolute Gasteiger partial charge is 0.508 e. The molecule has 0 fully saturated rings. The molecule has 6 nitrogen and oxygen atoms in total. The van der Waals surface area contributed by atoms with E-state index in [4.69, 9.17) is 4.42 Å². The van der Waals surface area contributed by atoms with Crippen LogP contribution in [0.1, 0.15) is 32.6 Å². The molecule has 0 aliphatic heterocycles. The third-order valence-corrected chi connectivity index (χ3v) is 5.31. The average Bonchev–Trinajstić information content (AvgIpc) is 3.44. The minimum atomic E-state index is -0.382. The number of phenols is 1. The Morgan fingerprint density at radius 1 is 1.14 bits per heavy atom. The maximum atomic E-state index is 13.1. The number of furan rings is 1. The van der Waals surface area contributed by atoms with Crippen molar-refractivity contribution in [2.45, 2.75) is 12.6 Å². The summed E-state index contributed by atoms with van der Waals surface area (Å²) in [7, 11) is 0. The Hall–Kier alpha value is -3.58. The molecule has 3 aromatic heterocycles. The van der Waals surface area contributed by atoms with Gasteiger partial charge in [0.1, 0.15) is 17.3 Å².